The highest BCUT2D eigenvalue weighted by atomic mass is 16.5. The highest BCUT2D eigenvalue weighted by Gasteiger charge is 2.24. The normalized spacial score (nSPS) is 16.1. The van der Waals surface area contributed by atoms with Gasteiger partial charge in [0.1, 0.15) is 0 Å². The number of ether oxygens (including phenoxy) is 1. The number of hydrogen-bond donors (Lipinski definition) is 1. The number of nitrogens with one attached hydrogen (secondary N) is 1. The van der Waals surface area contributed by atoms with Crippen molar-refractivity contribution in [3.63, 3.8) is 0 Å². The minimum Gasteiger partial charge on any atom is -0.379 e. The van der Waals surface area contributed by atoms with Gasteiger partial charge in [-0.25, -0.2) is 0 Å². The Hall–Kier alpha value is -2.24. The molecule has 1 atom stereocenters. The molecule has 1 aromatic heterocycles. The number of aryl methyl sites for hydroxylation is 2. The fourth-order valence-electron chi connectivity index (χ4n) is 3.77. The van der Waals surface area contributed by atoms with E-state index < -0.39 is 0 Å². The minimum absolute atomic E-state index is 0.00381. The molecule has 3 rings (SSSR count). The summed E-state index contributed by atoms with van der Waals surface area (Å²) in [4.78, 5) is 19.5. The molecule has 1 aliphatic heterocycles. The molecule has 2 aromatic rings. The Morgan fingerprint density at radius 2 is 1.70 bits per heavy atom. The summed E-state index contributed by atoms with van der Waals surface area (Å²) in [7, 11) is 0. The van der Waals surface area contributed by atoms with Gasteiger partial charge in [-0.15, -0.1) is 0 Å². The molecule has 1 fully saturated rings. The number of aromatic nitrogens is 1. The van der Waals surface area contributed by atoms with Crippen LogP contribution in [0.1, 0.15) is 44.2 Å². The van der Waals surface area contributed by atoms with E-state index >= 15 is 0 Å². The topological polar surface area (TPSA) is 54.5 Å². The van der Waals surface area contributed by atoms with Gasteiger partial charge < -0.3 is 10.1 Å². The van der Waals surface area contributed by atoms with Crippen LogP contribution in [0.25, 0.3) is 0 Å². The van der Waals surface area contributed by atoms with E-state index in [1.165, 1.54) is 5.56 Å². The molecular formula is C22H29N3O2. The van der Waals surface area contributed by atoms with Crippen LogP contribution in [0.4, 0.5) is 0 Å². The summed E-state index contributed by atoms with van der Waals surface area (Å²) >= 11 is 0. The maximum atomic E-state index is 13.0. The van der Waals surface area contributed by atoms with Gasteiger partial charge in [-0.05, 0) is 67.6 Å². The number of benzene rings is 1. The van der Waals surface area contributed by atoms with Gasteiger partial charge in [0.15, 0.2) is 0 Å². The lowest BCUT2D eigenvalue weighted by Gasteiger charge is -2.35. The summed E-state index contributed by atoms with van der Waals surface area (Å²) in [5, 5.41) is 3.19. The van der Waals surface area contributed by atoms with E-state index in [1.54, 1.807) is 0 Å². The fraction of sp³-hybridized carbons (Fsp3) is 0.455. The van der Waals surface area contributed by atoms with Gasteiger partial charge in [0.25, 0.3) is 5.91 Å². The van der Waals surface area contributed by atoms with E-state index in [4.69, 9.17) is 4.74 Å². The molecule has 144 valence electrons. The largest absolute Gasteiger partial charge is 0.379 e. The number of carbonyl (C=O) groups is 1. The molecule has 0 radical (unpaired) electrons. The fourth-order valence-corrected chi connectivity index (χ4v) is 3.77. The van der Waals surface area contributed by atoms with Crippen molar-refractivity contribution in [3.8, 4) is 0 Å². The second kappa shape index (κ2) is 8.63. The molecule has 1 unspecified atom stereocenters. The predicted octanol–water partition coefficient (Wildman–Crippen LogP) is 3.12. The summed E-state index contributed by atoms with van der Waals surface area (Å²) < 4.78 is 5.50. The van der Waals surface area contributed by atoms with Gasteiger partial charge >= 0.3 is 0 Å². The Balaban J connectivity index is 1.80. The first-order chi connectivity index (χ1) is 13.0. The summed E-state index contributed by atoms with van der Waals surface area (Å²) in [6, 6.07) is 6.32. The van der Waals surface area contributed by atoms with Crippen molar-refractivity contribution in [2.24, 2.45) is 0 Å². The standard InChI is InChI=1S/C22H29N3O2/c1-15-13-16(2)18(4)21(17(15)3)22(26)24-14-20(19-5-7-23-8-6-19)25-9-11-27-12-10-25/h5-8,13,20H,9-12,14H2,1-4H3,(H,24,26). The van der Waals surface area contributed by atoms with Crippen molar-refractivity contribution in [1.29, 1.82) is 0 Å². The van der Waals surface area contributed by atoms with E-state index in [2.05, 4.69) is 35.1 Å². The molecule has 1 saturated heterocycles. The van der Waals surface area contributed by atoms with Crippen LogP contribution in [0, 0.1) is 27.7 Å². The lowest BCUT2D eigenvalue weighted by Crippen LogP contribution is -2.44. The monoisotopic (exact) mass is 367 g/mol. The van der Waals surface area contributed by atoms with Gasteiger partial charge in [0.2, 0.25) is 0 Å². The number of amides is 1. The highest BCUT2D eigenvalue weighted by Crippen LogP contribution is 2.23. The number of morpholine rings is 1. The molecule has 27 heavy (non-hydrogen) atoms. The van der Waals surface area contributed by atoms with Crippen molar-refractivity contribution in [3.05, 3.63) is 64.0 Å². The van der Waals surface area contributed by atoms with Crippen molar-refractivity contribution in [2.75, 3.05) is 32.8 Å². The van der Waals surface area contributed by atoms with E-state index in [9.17, 15) is 4.79 Å². The van der Waals surface area contributed by atoms with Gasteiger partial charge in [0.05, 0.1) is 19.3 Å². The SMILES string of the molecule is Cc1cc(C)c(C)c(C(=O)NCC(c2ccncc2)N2CCOCC2)c1C. The number of pyridine rings is 1. The Morgan fingerprint density at radius 1 is 1.11 bits per heavy atom. The lowest BCUT2D eigenvalue weighted by atomic mass is 9.93. The molecule has 0 aliphatic carbocycles. The first kappa shape index (κ1) is 19.5. The third-order valence-corrected chi connectivity index (χ3v) is 5.63. The first-order valence-corrected chi connectivity index (χ1v) is 9.56. The van der Waals surface area contributed by atoms with Crippen LogP contribution in [0.5, 0.6) is 0 Å². The maximum absolute atomic E-state index is 13.0. The van der Waals surface area contributed by atoms with Crippen LogP contribution in [-0.4, -0.2) is 48.6 Å². The van der Waals surface area contributed by atoms with Gasteiger partial charge in [-0.3, -0.25) is 14.7 Å². The molecule has 2 heterocycles. The summed E-state index contributed by atoms with van der Waals surface area (Å²) in [5.41, 5.74) is 6.40. The zero-order valence-corrected chi connectivity index (χ0v) is 16.7. The van der Waals surface area contributed by atoms with Gasteiger partial charge in [-0.1, -0.05) is 6.07 Å². The molecular weight excluding hydrogens is 338 g/mol. The molecule has 0 saturated carbocycles. The van der Waals surface area contributed by atoms with Crippen LogP contribution >= 0.6 is 0 Å². The average molecular weight is 367 g/mol. The quantitative estimate of drug-likeness (QED) is 0.882. The van der Waals surface area contributed by atoms with Crippen molar-refractivity contribution < 1.29 is 9.53 Å². The average Bonchev–Trinajstić information content (AvgIpc) is 2.68. The van der Waals surface area contributed by atoms with Gasteiger partial charge in [0, 0.05) is 37.6 Å². The van der Waals surface area contributed by atoms with Crippen molar-refractivity contribution in [2.45, 2.75) is 33.7 Å². The number of carbonyl (C=O) groups excluding carboxylic acids is 1. The zero-order chi connectivity index (χ0) is 19.4. The summed E-state index contributed by atoms with van der Waals surface area (Å²) in [5.74, 6) is 0.00381. The van der Waals surface area contributed by atoms with E-state index in [0.717, 1.165) is 54.1 Å². The molecule has 1 aromatic carbocycles. The Labute approximate surface area is 161 Å². The number of rotatable bonds is 5. The molecule has 1 amide bonds. The molecule has 1 N–H and O–H groups in total. The van der Waals surface area contributed by atoms with E-state index in [1.807, 2.05) is 38.4 Å². The third-order valence-electron chi connectivity index (χ3n) is 5.63. The summed E-state index contributed by atoms with van der Waals surface area (Å²) in [6.07, 6.45) is 3.62. The summed E-state index contributed by atoms with van der Waals surface area (Å²) in [6.45, 7) is 11.9. The Morgan fingerprint density at radius 3 is 2.30 bits per heavy atom. The Bertz CT molecular complexity index is 773. The smallest absolute Gasteiger partial charge is 0.251 e. The van der Waals surface area contributed by atoms with Gasteiger partial charge in [-0.2, -0.15) is 0 Å². The number of nitrogens with zero attached hydrogens (tertiary/aromatic N) is 2. The zero-order valence-electron chi connectivity index (χ0n) is 16.7. The van der Waals surface area contributed by atoms with Crippen LogP contribution in [0.15, 0.2) is 30.6 Å². The first-order valence-electron chi connectivity index (χ1n) is 9.56. The molecule has 5 heteroatoms. The molecule has 0 spiro atoms. The molecule has 5 nitrogen and oxygen atoms in total. The highest BCUT2D eigenvalue weighted by molar-refractivity contribution is 5.97. The molecule has 0 bridgehead atoms. The van der Waals surface area contributed by atoms with Crippen LogP contribution in [0.3, 0.4) is 0 Å². The Kier molecular flexibility index (Phi) is 6.24. The van der Waals surface area contributed by atoms with Crippen LogP contribution in [-0.2, 0) is 4.74 Å². The maximum Gasteiger partial charge on any atom is 0.251 e. The lowest BCUT2D eigenvalue weighted by molar-refractivity contribution is 0.0162. The molecule has 1 aliphatic rings. The second-order valence-corrected chi connectivity index (χ2v) is 7.29. The van der Waals surface area contributed by atoms with Crippen molar-refractivity contribution >= 4 is 5.91 Å². The predicted molar refractivity (Wildman–Crippen MR) is 107 cm³/mol. The third kappa shape index (κ3) is 4.37. The minimum atomic E-state index is 0.00381. The second-order valence-electron chi connectivity index (χ2n) is 7.29. The van der Waals surface area contributed by atoms with Crippen molar-refractivity contribution in [1.82, 2.24) is 15.2 Å². The van der Waals surface area contributed by atoms with E-state index in [-0.39, 0.29) is 11.9 Å². The van der Waals surface area contributed by atoms with E-state index in [0.29, 0.717) is 6.54 Å². The van der Waals surface area contributed by atoms with Crippen LogP contribution < -0.4 is 5.32 Å². The van der Waals surface area contributed by atoms with Crippen LogP contribution in [0.2, 0.25) is 0 Å². The number of hydrogen-bond acceptors (Lipinski definition) is 4.